The van der Waals surface area contributed by atoms with Gasteiger partial charge in [-0.2, -0.15) is 0 Å². The number of carbonyl (C=O) groups excluding carboxylic acids is 1. The molecule has 5 nitrogen and oxygen atoms in total. The first-order valence-corrected chi connectivity index (χ1v) is 7.69. The topological polar surface area (TPSA) is 66.9 Å². The molecule has 0 bridgehead atoms. The van der Waals surface area contributed by atoms with Crippen molar-refractivity contribution in [2.75, 3.05) is 11.9 Å². The molecule has 2 rings (SSSR count). The molecule has 0 fully saturated rings. The standard InChI is InChI=1S/C15H16Cl2N4O/c1-2-3-8-18-15(22)13-6-7-14(21-20-13)19-10-4-5-11(16)12(17)9-10/h4-7,9H,2-3,8H2,1H3,(H,18,22)(H,19,21). The summed E-state index contributed by atoms with van der Waals surface area (Å²) >= 11 is 11.8. The van der Waals surface area contributed by atoms with Crippen LogP contribution in [0.4, 0.5) is 11.5 Å². The van der Waals surface area contributed by atoms with Crippen LogP contribution in [0.3, 0.4) is 0 Å². The molecule has 0 saturated heterocycles. The minimum atomic E-state index is -0.220. The largest absolute Gasteiger partial charge is 0.351 e. The van der Waals surface area contributed by atoms with E-state index in [1.165, 1.54) is 0 Å². The predicted molar refractivity (Wildman–Crippen MR) is 89.0 cm³/mol. The van der Waals surface area contributed by atoms with E-state index in [1.54, 1.807) is 30.3 Å². The fraction of sp³-hybridized carbons (Fsp3) is 0.267. The van der Waals surface area contributed by atoms with Gasteiger partial charge in [0.2, 0.25) is 0 Å². The van der Waals surface area contributed by atoms with E-state index in [0.717, 1.165) is 18.5 Å². The second-order valence-electron chi connectivity index (χ2n) is 4.67. The van der Waals surface area contributed by atoms with E-state index >= 15 is 0 Å². The smallest absolute Gasteiger partial charge is 0.271 e. The van der Waals surface area contributed by atoms with Crippen LogP contribution in [0.2, 0.25) is 10.0 Å². The SMILES string of the molecule is CCCCNC(=O)c1ccc(Nc2ccc(Cl)c(Cl)c2)nn1. The van der Waals surface area contributed by atoms with Crippen LogP contribution in [-0.2, 0) is 0 Å². The van der Waals surface area contributed by atoms with E-state index < -0.39 is 0 Å². The zero-order chi connectivity index (χ0) is 15.9. The maximum atomic E-state index is 11.8. The molecule has 0 aliphatic rings. The average Bonchev–Trinajstić information content (AvgIpc) is 2.52. The van der Waals surface area contributed by atoms with Crippen molar-refractivity contribution < 1.29 is 4.79 Å². The first-order valence-electron chi connectivity index (χ1n) is 6.94. The number of hydrogen-bond donors (Lipinski definition) is 2. The van der Waals surface area contributed by atoms with Crippen molar-refractivity contribution >= 4 is 40.6 Å². The van der Waals surface area contributed by atoms with Crippen molar-refractivity contribution in [1.82, 2.24) is 15.5 Å². The lowest BCUT2D eigenvalue weighted by molar-refractivity contribution is 0.0947. The third-order valence-corrected chi connectivity index (χ3v) is 3.64. The Balaban J connectivity index is 1.99. The Labute approximate surface area is 139 Å². The Morgan fingerprint density at radius 2 is 1.95 bits per heavy atom. The Hall–Kier alpha value is -1.85. The summed E-state index contributed by atoms with van der Waals surface area (Å²) in [6, 6.07) is 8.46. The second kappa shape index (κ2) is 7.96. The van der Waals surface area contributed by atoms with E-state index in [-0.39, 0.29) is 11.6 Å². The number of nitrogens with one attached hydrogen (secondary N) is 2. The third kappa shape index (κ3) is 4.58. The summed E-state index contributed by atoms with van der Waals surface area (Å²) in [7, 11) is 0. The predicted octanol–water partition coefficient (Wildman–Crippen LogP) is 4.06. The Bertz CT molecular complexity index is 646. The van der Waals surface area contributed by atoms with E-state index in [4.69, 9.17) is 23.2 Å². The molecule has 0 atom stereocenters. The van der Waals surface area contributed by atoms with Gasteiger partial charge in [0.25, 0.3) is 5.91 Å². The molecule has 2 aromatic rings. The van der Waals surface area contributed by atoms with Crippen LogP contribution >= 0.6 is 23.2 Å². The van der Waals surface area contributed by atoms with Gasteiger partial charge in [-0.25, -0.2) is 0 Å². The van der Waals surface area contributed by atoms with E-state index in [2.05, 4.69) is 27.8 Å². The maximum Gasteiger partial charge on any atom is 0.271 e. The molecule has 0 saturated carbocycles. The lowest BCUT2D eigenvalue weighted by Crippen LogP contribution is -2.25. The summed E-state index contributed by atoms with van der Waals surface area (Å²) in [5.41, 5.74) is 1.03. The maximum absolute atomic E-state index is 11.8. The molecule has 0 aliphatic heterocycles. The van der Waals surface area contributed by atoms with Crippen molar-refractivity contribution in [2.24, 2.45) is 0 Å². The zero-order valence-electron chi connectivity index (χ0n) is 12.1. The van der Waals surface area contributed by atoms with Crippen LogP contribution in [-0.4, -0.2) is 22.6 Å². The molecule has 7 heteroatoms. The molecular weight excluding hydrogens is 323 g/mol. The molecule has 1 heterocycles. The highest BCUT2D eigenvalue weighted by molar-refractivity contribution is 6.42. The van der Waals surface area contributed by atoms with E-state index in [9.17, 15) is 4.79 Å². The van der Waals surface area contributed by atoms with Gasteiger partial charge in [0.05, 0.1) is 10.0 Å². The number of anilines is 2. The van der Waals surface area contributed by atoms with Gasteiger partial charge in [-0.1, -0.05) is 36.5 Å². The highest BCUT2D eigenvalue weighted by Gasteiger charge is 2.07. The molecule has 2 N–H and O–H groups in total. The molecule has 0 spiro atoms. The summed E-state index contributed by atoms with van der Waals surface area (Å²) in [6.07, 6.45) is 1.97. The van der Waals surface area contributed by atoms with Crippen molar-refractivity contribution in [1.29, 1.82) is 0 Å². The highest BCUT2D eigenvalue weighted by Crippen LogP contribution is 2.26. The number of halogens is 2. The number of carbonyl (C=O) groups is 1. The number of nitrogens with zero attached hydrogens (tertiary/aromatic N) is 2. The Kier molecular flexibility index (Phi) is 5.98. The van der Waals surface area contributed by atoms with Crippen LogP contribution in [0.1, 0.15) is 30.3 Å². The van der Waals surface area contributed by atoms with Crippen LogP contribution < -0.4 is 10.6 Å². The van der Waals surface area contributed by atoms with Gasteiger partial charge in [0.15, 0.2) is 11.5 Å². The first-order chi connectivity index (χ1) is 10.6. The molecule has 116 valence electrons. The summed E-state index contributed by atoms with van der Waals surface area (Å²) in [5, 5.41) is 14.7. The number of aromatic nitrogens is 2. The molecule has 22 heavy (non-hydrogen) atoms. The van der Waals surface area contributed by atoms with Crippen LogP contribution in [0, 0.1) is 0 Å². The molecule has 0 unspecified atom stereocenters. The van der Waals surface area contributed by atoms with Gasteiger partial charge < -0.3 is 10.6 Å². The van der Waals surface area contributed by atoms with Crippen molar-refractivity contribution in [3.63, 3.8) is 0 Å². The van der Waals surface area contributed by atoms with Gasteiger partial charge in [-0.05, 0) is 36.8 Å². The summed E-state index contributed by atoms with van der Waals surface area (Å²) in [4.78, 5) is 11.8. The Morgan fingerprint density at radius 3 is 2.59 bits per heavy atom. The van der Waals surface area contributed by atoms with Crippen molar-refractivity contribution in [3.8, 4) is 0 Å². The Morgan fingerprint density at radius 1 is 1.14 bits per heavy atom. The fourth-order valence-corrected chi connectivity index (χ4v) is 2.01. The zero-order valence-corrected chi connectivity index (χ0v) is 13.6. The highest BCUT2D eigenvalue weighted by atomic mass is 35.5. The normalized spacial score (nSPS) is 10.3. The molecule has 1 amide bonds. The second-order valence-corrected chi connectivity index (χ2v) is 5.48. The number of rotatable bonds is 6. The minimum absolute atomic E-state index is 0.220. The van der Waals surface area contributed by atoms with E-state index in [0.29, 0.717) is 22.4 Å². The lowest BCUT2D eigenvalue weighted by atomic mass is 10.3. The molecular formula is C15H16Cl2N4O. The quantitative estimate of drug-likeness (QED) is 0.779. The lowest BCUT2D eigenvalue weighted by Gasteiger charge is -2.07. The number of amides is 1. The third-order valence-electron chi connectivity index (χ3n) is 2.91. The molecule has 0 radical (unpaired) electrons. The van der Waals surface area contributed by atoms with Crippen LogP contribution in [0.25, 0.3) is 0 Å². The van der Waals surface area contributed by atoms with Crippen LogP contribution in [0.5, 0.6) is 0 Å². The summed E-state index contributed by atoms with van der Waals surface area (Å²) in [6.45, 7) is 2.70. The van der Waals surface area contributed by atoms with Crippen LogP contribution in [0.15, 0.2) is 30.3 Å². The van der Waals surface area contributed by atoms with Gasteiger partial charge in [-0.3, -0.25) is 4.79 Å². The molecule has 0 aliphatic carbocycles. The molecule has 1 aromatic heterocycles. The number of benzene rings is 1. The average molecular weight is 339 g/mol. The first kappa shape index (κ1) is 16.5. The number of hydrogen-bond acceptors (Lipinski definition) is 4. The van der Waals surface area contributed by atoms with Gasteiger partial charge >= 0.3 is 0 Å². The van der Waals surface area contributed by atoms with Gasteiger partial charge in [0.1, 0.15) is 0 Å². The number of unbranched alkanes of at least 4 members (excludes halogenated alkanes) is 1. The summed E-state index contributed by atoms with van der Waals surface area (Å²) < 4.78 is 0. The monoisotopic (exact) mass is 338 g/mol. The van der Waals surface area contributed by atoms with Gasteiger partial charge in [0, 0.05) is 12.2 Å². The van der Waals surface area contributed by atoms with Gasteiger partial charge in [-0.15, -0.1) is 10.2 Å². The summed E-state index contributed by atoms with van der Waals surface area (Å²) in [5.74, 6) is 0.297. The minimum Gasteiger partial charge on any atom is -0.351 e. The van der Waals surface area contributed by atoms with Crippen molar-refractivity contribution in [3.05, 3.63) is 46.1 Å². The fourth-order valence-electron chi connectivity index (χ4n) is 1.71. The van der Waals surface area contributed by atoms with Crippen molar-refractivity contribution in [2.45, 2.75) is 19.8 Å². The molecule has 1 aromatic carbocycles. The van der Waals surface area contributed by atoms with E-state index in [1.807, 2.05) is 0 Å².